The molecule has 0 unspecified atom stereocenters. The monoisotopic (exact) mass is 247 g/mol. The van der Waals surface area contributed by atoms with Crippen molar-refractivity contribution >= 4 is 28.8 Å². The van der Waals surface area contributed by atoms with Crippen LogP contribution in [0.3, 0.4) is 0 Å². The number of benzene rings is 1. The lowest BCUT2D eigenvalue weighted by Gasteiger charge is -2.11. The van der Waals surface area contributed by atoms with E-state index in [1.807, 2.05) is 12.1 Å². The fraction of sp³-hybridized carbons (Fsp3) is 0.154. The lowest BCUT2D eigenvalue weighted by molar-refractivity contribution is 1.28. The fourth-order valence-electron chi connectivity index (χ4n) is 1.61. The third kappa shape index (κ3) is 2.68. The van der Waals surface area contributed by atoms with Crippen LogP contribution in [0.5, 0.6) is 0 Å². The molecule has 1 heterocycles. The van der Waals surface area contributed by atoms with Crippen LogP contribution in [-0.4, -0.2) is 4.98 Å². The summed E-state index contributed by atoms with van der Waals surface area (Å²) >= 11 is 5.86. The van der Waals surface area contributed by atoms with Crippen molar-refractivity contribution in [3.05, 3.63) is 46.6 Å². The smallest absolute Gasteiger partial charge is 0.134 e. The third-order valence-electron chi connectivity index (χ3n) is 2.68. The lowest BCUT2D eigenvalue weighted by atomic mass is 10.1. The zero-order valence-electron chi connectivity index (χ0n) is 9.79. The first-order valence-corrected chi connectivity index (χ1v) is 5.70. The third-order valence-corrected chi connectivity index (χ3v) is 2.88. The molecule has 3 nitrogen and oxygen atoms in total. The zero-order chi connectivity index (χ0) is 12.4. The number of nitrogens with zero attached hydrogens (tertiary/aromatic N) is 1. The standard InChI is InChI=1S/C13H14ClN3/c1-8-4-3-5-11(9(8)2)16-13-7-10(15)6-12(14)17-13/h3-7H,1-2H3,(H3,15,16,17). The second-order valence-corrected chi connectivity index (χ2v) is 4.37. The maximum absolute atomic E-state index is 5.86. The molecule has 0 aliphatic heterocycles. The van der Waals surface area contributed by atoms with Crippen LogP contribution in [0.2, 0.25) is 5.15 Å². The molecule has 0 saturated carbocycles. The summed E-state index contributed by atoms with van der Waals surface area (Å²) in [5, 5.41) is 3.61. The van der Waals surface area contributed by atoms with Gasteiger partial charge >= 0.3 is 0 Å². The number of rotatable bonds is 2. The molecule has 2 rings (SSSR count). The van der Waals surface area contributed by atoms with Crippen LogP contribution in [0.4, 0.5) is 17.2 Å². The highest BCUT2D eigenvalue weighted by Crippen LogP contribution is 2.24. The van der Waals surface area contributed by atoms with Gasteiger partial charge in [-0.2, -0.15) is 0 Å². The van der Waals surface area contributed by atoms with Gasteiger partial charge in [0.25, 0.3) is 0 Å². The summed E-state index contributed by atoms with van der Waals surface area (Å²) in [6, 6.07) is 9.45. The van der Waals surface area contributed by atoms with Gasteiger partial charge in [-0.1, -0.05) is 23.7 Å². The van der Waals surface area contributed by atoms with E-state index in [-0.39, 0.29) is 0 Å². The van der Waals surface area contributed by atoms with Crippen LogP contribution in [0, 0.1) is 13.8 Å². The Hall–Kier alpha value is -1.74. The number of nitrogens with two attached hydrogens (primary N) is 1. The largest absolute Gasteiger partial charge is 0.399 e. The number of nitrogens with one attached hydrogen (secondary N) is 1. The van der Waals surface area contributed by atoms with Gasteiger partial charge in [-0.05, 0) is 37.1 Å². The first kappa shape index (κ1) is 11.7. The quantitative estimate of drug-likeness (QED) is 0.796. The van der Waals surface area contributed by atoms with Crippen molar-refractivity contribution in [1.29, 1.82) is 0 Å². The molecule has 3 N–H and O–H groups in total. The van der Waals surface area contributed by atoms with E-state index < -0.39 is 0 Å². The molecule has 0 bridgehead atoms. The first-order chi connectivity index (χ1) is 8.06. The molecule has 0 amide bonds. The van der Waals surface area contributed by atoms with E-state index in [9.17, 15) is 0 Å². The molecule has 0 spiro atoms. The Morgan fingerprint density at radius 2 is 2.00 bits per heavy atom. The summed E-state index contributed by atoms with van der Waals surface area (Å²) in [4.78, 5) is 4.17. The van der Waals surface area contributed by atoms with Crippen LogP contribution in [0.15, 0.2) is 30.3 Å². The van der Waals surface area contributed by atoms with E-state index in [1.165, 1.54) is 11.1 Å². The number of anilines is 3. The normalized spacial score (nSPS) is 10.3. The maximum atomic E-state index is 5.86. The molecular formula is C13H14ClN3. The van der Waals surface area contributed by atoms with Gasteiger partial charge in [0.15, 0.2) is 0 Å². The molecule has 0 saturated heterocycles. The van der Waals surface area contributed by atoms with Gasteiger partial charge in [-0.25, -0.2) is 4.98 Å². The van der Waals surface area contributed by atoms with Crippen molar-refractivity contribution in [2.45, 2.75) is 13.8 Å². The van der Waals surface area contributed by atoms with Gasteiger partial charge in [-0.3, -0.25) is 0 Å². The SMILES string of the molecule is Cc1cccc(Nc2cc(N)cc(Cl)n2)c1C. The Labute approximate surface area is 106 Å². The highest BCUT2D eigenvalue weighted by Gasteiger charge is 2.03. The molecule has 0 atom stereocenters. The molecule has 0 radical (unpaired) electrons. The van der Waals surface area contributed by atoms with E-state index in [2.05, 4.69) is 30.2 Å². The van der Waals surface area contributed by atoms with E-state index >= 15 is 0 Å². The van der Waals surface area contributed by atoms with Crippen LogP contribution in [-0.2, 0) is 0 Å². The molecule has 1 aromatic heterocycles. The minimum Gasteiger partial charge on any atom is -0.399 e. The van der Waals surface area contributed by atoms with Crippen LogP contribution in [0.1, 0.15) is 11.1 Å². The van der Waals surface area contributed by atoms with Crippen molar-refractivity contribution in [3.8, 4) is 0 Å². The lowest BCUT2D eigenvalue weighted by Crippen LogP contribution is -1.98. The van der Waals surface area contributed by atoms with E-state index in [0.717, 1.165) is 5.69 Å². The van der Waals surface area contributed by atoms with Crippen molar-refractivity contribution < 1.29 is 0 Å². The van der Waals surface area contributed by atoms with Crippen LogP contribution >= 0.6 is 11.6 Å². The Morgan fingerprint density at radius 1 is 1.24 bits per heavy atom. The summed E-state index contributed by atoms with van der Waals surface area (Å²) in [5.41, 5.74) is 9.74. The van der Waals surface area contributed by atoms with Crippen molar-refractivity contribution in [3.63, 3.8) is 0 Å². The summed E-state index contributed by atoms with van der Waals surface area (Å²) in [6.45, 7) is 4.13. The number of hydrogen-bond acceptors (Lipinski definition) is 3. The summed E-state index contributed by atoms with van der Waals surface area (Å²) < 4.78 is 0. The van der Waals surface area contributed by atoms with E-state index in [4.69, 9.17) is 17.3 Å². The van der Waals surface area contributed by atoms with E-state index in [1.54, 1.807) is 12.1 Å². The van der Waals surface area contributed by atoms with Crippen LogP contribution < -0.4 is 11.1 Å². The molecule has 0 aliphatic rings. The predicted octanol–water partition coefficient (Wildman–Crippen LogP) is 3.68. The molecule has 17 heavy (non-hydrogen) atoms. The maximum Gasteiger partial charge on any atom is 0.134 e. The second-order valence-electron chi connectivity index (χ2n) is 3.98. The number of pyridine rings is 1. The molecule has 0 fully saturated rings. The Kier molecular flexibility index (Phi) is 3.20. The Balaban J connectivity index is 2.34. The number of halogens is 1. The van der Waals surface area contributed by atoms with Crippen molar-refractivity contribution in [2.75, 3.05) is 11.1 Å². The number of aromatic nitrogens is 1. The zero-order valence-corrected chi connectivity index (χ0v) is 10.5. The van der Waals surface area contributed by atoms with Gasteiger partial charge in [0, 0.05) is 17.4 Å². The van der Waals surface area contributed by atoms with Crippen molar-refractivity contribution in [2.24, 2.45) is 0 Å². The molecular weight excluding hydrogens is 234 g/mol. The molecule has 4 heteroatoms. The van der Waals surface area contributed by atoms with Gasteiger partial charge in [0.2, 0.25) is 0 Å². The average molecular weight is 248 g/mol. The highest BCUT2D eigenvalue weighted by molar-refractivity contribution is 6.29. The number of hydrogen-bond donors (Lipinski definition) is 2. The van der Waals surface area contributed by atoms with Gasteiger partial charge < -0.3 is 11.1 Å². The topological polar surface area (TPSA) is 50.9 Å². The van der Waals surface area contributed by atoms with Gasteiger partial charge in [0.05, 0.1) is 0 Å². The fourth-order valence-corrected chi connectivity index (χ4v) is 1.82. The molecule has 2 aromatic rings. The minimum absolute atomic E-state index is 0.387. The predicted molar refractivity (Wildman–Crippen MR) is 72.9 cm³/mol. The molecule has 88 valence electrons. The van der Waals surface area contributed by atoms with Crippen molar-refractivity contribution in [1.82, 2.24) is 4.98 Å². The summed E-state index contributed by atoms with van der Waals surface area (Å²) in [7, 11) is 0. The highest BCUT2D eigenvalue weighted by atomic mass is 35.5. The average Bonchev–Trinajstić information content (AvgIpc) is 2.23. The minimum atomic E-state index is 0.387. The summed E-state index contributed by atoms with van der Waals surface area (Å²) in [6.07, 6.45) is 0. The van der Waals surface area contributed by atoms with Crippen LogP contribution in [0.25, 0.3) is 0 Å². The summed E-state index contributed by atoms with van der Waals surface area (Å²) in [5.74, 6) is 0.656. The Morgan fingerprint density at radius 3 is 2.71 bits per heavy atom. The molecule has 1 aromatic carbocycles. The van der Waals surface area contributed by atoms with Gasteiger partial charge in [0.1, 0.15) is 11.0 Å². The molecule has 0 aliphatic carbocycles. The second kappa shape index (κ2) is 4.63. The number of aryl methyl sites for hydroxylation is 1. The van der Waals surface area contributed by atoms with Gasteiger partial charge in [-0.15, -0.1) is 0 Å². The number of nitrogen functional groups attached to an aromatic ring is 1. The Bertz CT molecular complexity index is 532. The first-order valence-electron chi connectivity index (χ1n) is 5.32. The van der Waals surface area contributed by atoms with E-state index in [0.29, 0.717) is 16.7 Å².